The minimum absolute atomic E-state index is 0.172. The van der Waals surface area contributed by atoms with Crippen LogP contribution in [0.2, 0.25) is 0 Å². The van der Waals surface area contributed by atoms with Gasteiger partial charge < -0.3 is 14.2 Å². The highest BCUT2D eigenvalue weighted by Crippen LogP contribution is 2.51. The Hall–Kier alpha value is -4.91. The molecule has 1 aliphatic heterocycles. The molecule has 0 spiro atoms. The first-order valence-corrected chi connectivity index (χ1v) is 19.5. The zero-order chi connectivity index (χ0) is 39.9. The summed E-state index contributed by atoms with van der Waals surface area (Å²) < 4.78 is 43.6. The van der Waals surface area contributed by atoms with Crippen LogP contribution in [-0.4, -0.2) is 59.2 Å². The highest BCUT2D eigenvalue weighted by molar-refractivity contribution is 7.57. The Bertz CT molecular complexity index is 1970. The summed E-state index contributed by atoms with van der Waals surface area (Å²) in [7, 11) is -4.29. The van der Waals surface area contributed by atoms with Crippen molar-refractivity contribution in [3.05, 3.63) is 153 Å². The van der Waals surface area contributed by atoms with Gasteiger partial charge in [-0.1, -0.05) is 91.0 Å². The number of H-pyrrole nitrogens is 1. The maximum absolute atomic E-state index is 14.2. The maximum atomic E-state index is 14.2. The molecule has 1 N–H and O–H groups in total. The van der Waals surface area contributed by atoms with E-state index < -0.39 is 73.1 Å². The van der Waals surface area contributed by atoms with Gasteiger partial charge in [-0.15, -0.1) is 0 Å². The van der Waals surface area contributed by atoms with Crippen molar-refractivity contribution in [3.63, 3.8) is 0 Å². The number of aromatic amines is 1. The first-order valence-electron chi connectivity index (χ1n) is 17.8. The third-order valence-corrected chi connectivity index (χ3v) is 10.3. The Kier molecular flexibility index (Phi) is 13.0. The number of hydrogen-bond acceptors (Lipinski definition) is 11. The summed E-state index contributed by atoms with van der Waals surface area (Å²) in [5, 5.41) is 0. The van der Waals surface area contributed by atoms with Gasteiger partial charge in [0.05, 0.1) is 22.5 Å². The van der Waals surface area contributed by atoms with Crippen LogP contribution in [0.5, 0.6) is 0 Å². The van der Waals surface area contributed by atoms with Gasteiger partial charge in [-0.2, -0.15) is 0 Å². The Morgan fingerprint density at radius 3 is 1.62 bits per heavy atom. The third-order valence-electron chi connectivity index (χ3n) is 8.87. The normalized spacial score (nSPS) is 17.2. The van der Waals surface area contributed by atoms with Crippen molar-refractivity contribution in [3.8, 4) is 0 Å². The van der Waals surface area contributed by atoms with Crippen molar-refractivity contribution in [1.29, 1.82) is 0 Å². The molecule has 0 bridgehead atoms. The number of ether oxygens (including phenoxy) is 3. The number of benzene rings is 3. The van der Waals surface area contributed by atoms with Crippen molar-refractivity contribution < 1.29 is 37.4 Å². The van der Waals surface area contributed by atoms with Gasteiger partial charge in [-0.25, -0.2) is 4.79 Å². The summed E-state index contributed by atoms with van der Waals surface area (Å²) in [6.07, 6.45) is 1.03. The van der Waals surface area contributed by atoms with E-state index in [0.717, 1.165) is 16.7 Å². The molecule has 0 radical (unpaired) electrons. The minimum atomic E-state index is -4.29. The molecule has 292 valence electrons. The number of carbonyl (C=O) groups is 2. The minimum Gasteiger partial charge on any atom is -0.438 e. The van der Waals surface area contributed by atoms with Gasteiger partial charge in [0.15, 0.2) is 6.23 Å². The van der Waals surface area contributed by atoms with E-state index in [9.17, 15) is 23.7 Å². The second kappa shape index (κ2) is 17.3. The van der Waals surface area contributed by atoms with Crippen LogP contribution >= 0.6 is 7.60 Å². The molecule has 1 fully saturated rings. The Morgan fingerprint density at radius 1 is 0.745 bits per heavy atom. The van der Waals surface area contributed by atoms with E-state index in [1.54, 1.807) is 41.5 Å². The van der Waals surface area contributed by atoms with Crippen LogP contribution < -0.4 is 11.2 Å². The molecule has 13 nitrogen and oxygen atoms in total. The van der Waals surface area contributed by atoms with Crippen LogP contribution in [0, 0.1) is 10.8 Å². The molecule has 0 saturated carbocycles. The molecule has 0 aliphatic carbocycles. The molecule has 1 saturated heterocycles. The van der Waals surface area contributed by atoms with Crippen LogP contribution in [0.1, 0.15) is 64.5 Å². The number of hydrogen-bond donors (Lipinski definition) is 1. The van der Waals surface area contributed by atoms with Gasteiger partial charge in [0.1, 0.15) is 0 Å². The summed E-state index contributed by atoms with van der Waals surface area (Å²) in [6, 6.07) is 31.0. The molecular weight excluding hydrogens is 725 g/mol. The van der Waals surface area contributed by atoms with Crippen molar-refractivity contribution in [2.24, 2.45) is 10.8 Å². The molecule has 0 amide bonds. The van der Waals surface area contributed by atoms with Gasteiger partial charge in [-0.05, 0) is 64.3 Å². The quantitative estimate of drug-likeness (QED) is 0.0680. The van der Waals surface area contributed by atoms with Gasteiger partial charge in [0.2, 0.25) is 13.6 Å². The molecular formula is C41H48N3O10P. The molecule has 14 heteroatoms. The number of nitrogens with zero attached hydrogens (tertiary/aromatic N) is 2. The van der Waals surface area contributed by atoms with Crippen molar-refractivity contribution in [2.75, 3.05) is 26.7 Å². The number of aromatic nitrogens is 2. The van der Waals surface area contributed by atoms with Crippen LogP contribution in [0.15, 0.2) is 125 Å². The molecule has 0 unspecified atom stereocenters. The average molecular weight is 774 g/mol. The molecule has 1 aliphatic rings. The van der Waals surface area contributed by atoms with E-state index in [4.69, 9.17) is 23.3 Å². The lowest BCUT2D eigenvalue weighted by molar-refractivity contribution is -0.161. The first-order chi connectivity index (χ1) is 26.0. The molecule has 1 aromatic heterocycles. The Balaban J connectivity index is 1.59. The number of morpholine rings is 1. The average Bonchev–Trinajstić information content (AvgIpc) is 3.15. The molecule has 4 aromatic rings. The largest absolute Gasteiger partial charge is 0.438 e. The lowest BCUT2D eigenvalue weighted by Crippen LogP contribution is -2.57. The van der Waals surface area contributed by atoms with Gasteiger partial charge in [0.25, 0.3) is 5.56 Å². The summed E-state index contributed by atoms with van der Waals surface area (Å²) in [5.41, 5.74) is -1.10. The van der Waals surface area contributed by atoms with E-state index in [-0.39, 0.29) is 13.1 Å². The molecule has 55 heavy (non-hydrogen) atoms. The van der Waals surface area contributed by atoms with Crippen molar-refractivity contribution >= 4 is 19.5 Å². The zero-order valence-corrected chi connectivity index (χ0v) is 32.8. The van der Waals surface area contributed by atoms with E-state index >= 15 is 0 Å². The molecule has 5 rings (SSSR count). The predicted octanol–water partition coefficient (Wildman–Crippen LogP) is 6.56. The van der Waals surface area contributed by atoms with Crippen LogP contribution in [0.3, 0.4) is 0 Å². The fraction of sp³-hybridized carbons (Fsp3) is 0.366. The van der Waals surface area contributed by atoms with Gasteiger partial charge in [-0.3, -0.25) is 42.4 Å². The molecule has 3 aromatic carbocycles. The number of carbonyl (C=O) groups excluding carboxylic acids is 2. The Labute approximate surface area is 320 Å². The summed E-state index contributed by atoms with van der Waals surface area (Å²) >= 11 is 0. The van der Waals surface area contributed by atoms with E-state index in [0.29, 0.717) is 0 Å². The summed E-state index contributed by atoms with van der Waals surface area (Å²) in [4.78, 5) is 54.8. The topological polar surface area (TPSA) is 155 Å². The lowest BCUT2D eigenvalue weighted by Gasteiger charge is -2.50. The monoisotopic (exact) mass is 773 g/mol. The second-order valence-corrected chi connectivity index (χ2v) is 17.0. The number of rotatable bonds is 13. The smallest absolute Gasteiger partial charge is 0.359 e. The number of nitrogens with one attached hydrogen (secondary N) is 1. The van der Waals surface area contributed by atoms with Crippen LogP contribution in [0.25, 0.3) is 0 Å². The predicted molar refractivity (Wildman–Crippen MR) is 206 cm³/mol. The fourth-order valence-electron chi connectivity index (χ4n) is 6.11. The summed E-state index contributed by atoms with van der Waals surface area (Å²) in [5.74, 6) is -0.0257. The third kappa shape index (κ3) is 10.0. The van der Waals surface area contributed by atoms with Crippen molar-refractivity contribution in [2.45, 2.75) is 59.4 Å². The fourth-order valence-corrected chi connectivity index (χ4v) is 7.15. The highest BCUT2D eigenvalue weighted by atomic mass is 31.2. The van der Waals surface area contributed by atoms with E-state index in [1.807, 2.05) is 91.0 Å². The second-order valence-electron chi connectivity index (χ2n) is 15.1. The van der Waals surface area contributed by atoms with E-state index in [1.165, 1.54) is 28.7 Å². The van der Waals surface area contributed by atoms with Crippen LogP contribution in [-0.2, 0) is 43.0 Å². The van der Waals surface area contributed by atoms with Gasteiger partial charge in [0, 0.05) is 31.2 Å². The SMILES string of the molecule is CC(C)(C)C(=O)OCOP(=O)(/C=C/[C@@H]1CN(C(c2ccccc2)(c2ccccc2)c2ccccc2)C[C@H](n2ccc(=O)[nH]c2=O)O1)OCOC(=O)C(C)(C)C. The van der Waals surface area contributed by atoms with E-state index in [2.05, 4.69) is 9.88 Å². The first kappa shape index (κ1) is 41.3. The van der Waals surface area contributed by atoms with Gasteiger partial charge >= 0.3 is 25.2 Å². The van der Waals surface area contributed by atoms with Crippen molar-refractivity contribution in [1.82, 2.24) is 14.5 Å². The zero-order valence-electron chi connectivity index (χ0n) is 31.9. The summed E-state index contributed by atoms with van der Waals surface area (Å²) in [6.45, 7) is 8.91. The molecule has 2 heterocycles. The number of esters is 2. The molecule has 2 atom stereocenters. The standard InChI is InChI=1S/C41H48N3O10P/c1-39(2,3)36(46)50-28-52-55(49,53-29-51-37(47)40(4,5)6)25-23-33-26-43(27-35(54-33)44-24-22-34(45)42-38(44)48)41(30-16-10-7-11-17-30,31-18-12-8-13-19-31)32-20-14-9-15-21-32/h7-25,33,35H,26-29H2,1-6H3,(H,42,45,48)/b25-23+/t33-,35-/m1/s1. The van der Waals surface area contributed by atoms with Crippen LogP contribution in [0.4, 0.5) is 0 Å². The lowest BCUT2D eigenvalue weighted by atomic mass is 9.75. The Morgan fingerprint density at radius 2 is 1.20 bits per heavy atom. The maximum Gasteiger partial charge on any atom is 0.359 e. The highest BCUT2D eigenvalue weighted by Gasteiger charge is 2.46.